The summed E-state index contributed by atoms with van der Waals surface area (Å²) in [4.78, 5) is 0. The average Bonchev–Trinajstić information content (AvgIpc) is 3.29. The van der Waals surface area contributed by atoms with Gasteiger partial charge in [0.15, 0.2) is 0 Å². The molecule has 7 aromatic rings. The molecule has 0 bridgehead atoms. The maximum atomic E-state index is 7.12. The van der Waals surface area contributed by atoms with Crippen molar-refractivity contribution in [2.24, 2.45) is 0 Å². The van der Waals surface area contributed by atoms with Gasteiger partial charge in [-0.2, -0.15) is 0 Å². The van der Waals surface area contributed by atoms with Gasteiger partial charge < -0.3 is 18.6 Å². The molecular formula is C56H60O4Si. The lowest BCUT2D eigenvalue weighted by Crippen LogP contribution is -2.47. The lowest BCUT2D eigenvalue weighted by molar-refractivity contribution is 0.185. The van der Waals surface area contributed by atoms with E-state index in [4.69, 9.17) is 18.6 Å². The van der Waals surface area contributed by atoms with Gasteiger partial charge in [-0.25, -0.2) is 0 Å². The number of benzene rings is 7. The molecule has 0 N–H and O–H groups in total. The topological polar surface area (TPSA) is 36.9 Å². The fraction of sp³-hybridized carbons (Fsp3) is 0.250. The Labute approximate surface area is 365 Å². The van der Waals surface area contributed by atoms with Gasteiger partial charge in [0.25, 0.3) is 0 Å². The summed E-state index contributed by atoms with van der Waals surface area (Å²) in [5.74, 6) is 1.62. The molecule has 0 saturated heterocycles. The van der Waals surface area contributed by atoms with Crippen molar-refractivity contribution in [3.63, 3.8) is 0 Å². The molecule has 0 fully saturated rings. The van der Waals surface area contributed by atoms with Crippen LogP contribution in [0.15, 0.2) is 158 Å². The van der Waals surface area contributed by atoms with Crippen LogP contribution >= 0.6 is 0 Å². The van der Waals surface area contributed by atoms with E-state index in [0.717, 1.165) is 72.7 Å². The van der Waals surface area contributed by atoms with E-state index in [0.29, 0.717) is 29.8 Å². The van der Waals surface area contributed by atoms with Crippen LogP contribution in [0.2, 0.25) is 16.6 Å². The molecular weight excluding hydrogens is 765 g/mol. The molecule has 0 saturated carbocycles. The first kappa shape index (κ1) is 43.4. The normalized spacial score (nSPS) is 11.7. The zero-order valence-corrected chi connectivity index (χ0v) is 38.3. The van der Waals surface area contributed by atoms with Gasteiger partial charge in [0.2, 0.25) is 8.32 Å². The lowest BCUT2D eigenvalue weighted by Gasteiger charge is -2.42. The van der Waals surface area contributed by atoms with Gasteiger partial charge in [-0.15, -0.1) is 0 Å². The molecule has 0 atom stereocenters. The Balaban J connectivity index is 1.62. The monoisotopic (exact) mass is 824 g/mol. The molecule has 0 unspecified atom stereocenters. The summed E-state index contributed by atoms with van der Waals surface area (Å²) in [7, 11) is 3.11. The number of hydrogen-bond donors (Lipinski definition) is 0. The first-order valence-electron chi connectivity index (χ1n) is 21.6. The van der Waals surface area contributed by atoms with Crippen LogP contribution in [0.3, 0.4) is 0 Å². The second-order valence-electron chi connectivity index (χ2n) is 16.9. The molecule has 61 heavy (non-hydrogen) atoms. The van der Waals surface area contributed by atoms with Gasteiger partial charge >= 0.3 is 0 Å². The molecule has 5 heteroatoms. The molecule has 4 nitrogen and oxygen atoms in total. The first-order chi connectivity index (χ1) is 29.6. The van der Waals surface area contributed by atoms with Gasteiger partial charge in [0.05, 0.1) is 27.4 Å². The van der Waals surface area contributed by atoms with E-state index in [1.807, 2.05) is 0 Å². The zero-order valence-electron chi connectivity index (χ0n) is 37.3. The fourth-order valence-corrected chi connectivity index (χ4v) is 15.0. The third kappa shape index (κ3) is 8.88. The predicted molar refractivity (Wildman–Crippen MR) is 259 cm³/mol. The first-order valence-corrected chi connectivity index (χ1v) is 23.7. The molecule has 0 aliphatic carbocycles. The average molecular weight is 825 g/mol. The largest absolute Gasteiger partial charge is 0.497 e. The van der Waals surface area contributed by atoms with Crippen molar-refractivity contribution in [3.8, 4) is 78.3 Å². The molecule has 0 radical (unpaired) electrons. The highest BCUT2D eigenvalue weighted by Gasteiger charge is 2.45. The Morgan fingerprint density at radius 3 is 0.902 bits per heavy atom. The Kier molecular flexibility index (Phi) is 13.7. The Morgan fingerprint density at radius 1 is 0.344 bits per heavy atom. The summed E-state index contributed by atoms with van der Waals surface area (Å²) >= 11 is 0. The van der Waals surface area contributed by atoms with Crippen molar-refractivity contribution < 1.29 is 18.6 Å². The van der Waals surface area contributed by atoms with Gasteiger partial charge in [0, 0.05) is 7.11 Å². The maximum absolute atomic E-state index is 7.12. The number of methoxy groups -OCH3 is 3. The summed E-state index contributed by atoms with van der Waals surface area (Å²) in [5, 5.41) is 0. The quantitative estimate of drug-likeness (QED) is 0.0910. The van der Waals surface area contributed by atoms with Crippen LogP contribution in [0.25, 0.3) is 66.8 Å². The van der Waals surface area contributed by atoms with E-state index in [1.165, 1.54) is 16.7 Å². The highest BCUT2D eigenvalue weighted by Crippen LogP contribution is 2.56. The third-order valence-corrected chi connectivity index (χ3v) is 18.4. The van der Waals surface area contributed by atoms with Gasteiger partial charge in [0.1, 0.15) is 11.5 Å². The van der Waals surface area contributed by atoms with E-state index < -0.39 is 8.32 Å². The molecule has 0 aliphatic rings. The second kappa shape index (κ2) is 19.3. The van der Waals surface area contributed by atoms with Crippen LogP contribution in [0.5, 0.6) is 11.5 Å². The van der Waals surface area contributed by atoms with E-state index in [2.05, 4.69) is 199 Å². The van der Waals surface area contributed by atoms with E-state index in [9.17, 15) is 0 Å². The van der Waals surface area contributed by atoms with E-state index in [-0.39, 0.29) is 0 Å². The Bertz CT molecular complexity index is 2470. The second-order valence-corrected chi connectivity index (χ2v) is 22.3. The number of hydrogen-bond acceptors (Lipinski definition) is 4. The minimum absolute atomic E-state index is 0.509. The minimum Gasteiger partial charge on any atom is -0.497 e. The van der Waals surface area contributed by atoms with Crippen LogP contribution in [-0.4, -0.2) is 29.6 Å². The predicted octanol–water partition coefficient (Wildman–Crippen LogP) is 15.5. The SMILES string of the molecule is COCc1ccc(-c2c(-c3ccccc3)c(-c3ccccc3)c(-c3ccc(CO[Si](C(C)C)(C(C)C)C(C)C)cc3)c(-c3ccc(OC)cc3)c2-c2ccc(OC)cc2)cc1. The highest BCUT2D eigenvalue weighted by atomic mass is 28.4. The molecule has 0 amide bonds. The van der Waals surface area contributed by atoms with Crippen molar-refractivity contribution >= 4 is 8.32 Å². The standard InChI is InChI=1S/C56H60O4Si/c1-38(2)61(39(3)4,40(5)6)60-37-42-22-26-46(27-23-42)54-52(44-18-14-11-15-19-44)51(43-16-12-10-13-17-43)53(45-24-20-41(21-25-45)36-57-7)55(47-28-32-49(58-8)33-29-47)56(54)48-30-34-50(59-9)35-31-48/h10-35,38-40H,36-37H2,1-9H3. The van der Waals surface area contributed by atoms with Gasteiger partial charge in [-0.3, -0.25) is 0 Å². The van der Waals surface area contributed by atoms with E-state index >= 15 is 0 Å². The zero-order chi connectivity index (χ0) is 43.1. The summed E-state index contributed by atoms with van der Waals surface area (Å²) in [6.07, 6.45) is 0. The highest BCUT2D eigenvalue weighted by molar-refractivity contribution is 6.77. The molecule has 312 valence electrons. The number of ether oxygens (including phenoxy) is 3. The molecule has 0 spiro atoms. The van der Waals surface area contributed by atoms with Crippen molar-refractivity contribution in [2.45, 2.75) is 71.4 Å². The smallest absolute Gasteiger partial charge is 0.200 e. The molecule has 0 aliphatic heterocycles. The summed E-state index contributed by atoms with van der Waals surface area (Å²) in [5.41, 5.74) is 17.4. The lowest BCUT2D eigenvalue weighted by atomic mass is 9.74. The third-order valence-electron chi connectivity index (χ3n) is 12.4. The van der Waals surface area contributed by atoms with Crippen LogP contribution in [-0.2, 0) is 22.4 Å². The fourth-order valence-electron chi connectivity index (χ4n) is 9.62. The van der Waals surface area contributed by atoms with Crippen LogP contribution in [0.4, 0.5) is 0 Å². The maximum Gasteiger partial charge on any atom is 0.200 e. The molecule has 0 heterocycles. The van der Waals surface area contributed by atoms with Crippen molar-refractivity contribution in [3.05, 3.63) is 169 Å². The van der Waals surface area contributed by atoms with E-state index in [1.54, 1.807) is 21.3 Å². The molecule has 7 aromatic carbocycles. The van der Waals surface area contributed by atoms with Crippen LogP contribution < -0.4 is 9.47 Å². The van der Waals surface area contributed by atoms with Crippen LogP contribution in [0.1, 0.15) is 52.7 Å². The van der Waals surface area contributed by atoms with Crippen molar-refractivity contribution in [1.29, 1.82) is 0 Å². The minimum atomic E-state index is -2.07. The molecule has 7 rings (SSSR count). The van der Waals surface area contributed by atoms with Crippen molar-refractivity contribution in [1.82, 2.24) is 0 Å². The van der Waals surface area contributed by atoms with Gasteiger partial charge in [-0.05, 0) is 119 Å². The van der Waals surface area contributed by atoms with Crippen molar-refractivity contribution in [2.75, 3.05) is 21.3 Å². The summed E-state index contributed by atoms with van der Waals surface area (Å²) < 4.78 is 24.1. The molecule has 0 aromatic heterocycles. The Morgan fingerprint density at radius 2 is 0.623 bits per heavy atom. The van der Waals surface area contributed by atoms with Gasteiger partial charge in [-0.1, -0.05) is 175 Å². The summed E-state index contributed by atoms with van der Waals surface area (Å²) in [6.45, 7) is 15.2. The number of rotatable bonds is 16. The summed E-state index contributed by atoms with van der Waals surface area (Å²) in [6, 6.07) is 56.8. The Hall–Kier alpha value is -5.72. The van der Waals surface area contributed by atoms with Crippen LogP contribution in [0, 0.1) is 0 Å².